The number of hydrogen-bond acceptors (Lipinski definition) is 4. The van der Waals surface area contributed by atoms with Gasteiger partial charge < -0.3 is 10.2 Å². The summed E-state index contributed by atoms with van der Waals surface area (Å²) in [7, 11) is 2.19. The van der Waals surface area contributed by atoms with Crippen LogP contribution in [0.2, 0.25) is 0 Å². The zero-order valence-electron chi connectivity index (χ0n) is 12.9. The Kier molecular flexibility index (Phi) is 5.70. The van der Waals surface area contributed by atoms with Crippen LogP contribution in [0.3, 0.4) is 0 Å². The Morgan fingerprint density at radius 1 is 1.43 bits per heavy atom. The number of rotatable bonds is 7. The molecule has 0 saturated heterocycles. The summed E-state index contributed by atoms with van der Waals surface area (Å²) in [5, 5.41) is 14.3. The molecular weight excluding hydrogens is 266 g/mol. The van der Waals surface area contributed by atoms with Gasteiger partial charge in [-0.2, -0.15) is 0 Å². The predicted molar refractivity (Wildman–Crippen MR) is 84.4 cm³/mol. The van der Waals surface area contributed by atoms with E-state index >= 15 is 0 Å². The van der Waals surface area contributed by atoms with E-state index in [4.69, 9.17) is 0 Å². The molecule has 1 unspecified atom stereocenters. The summed E-state index contributed by atoms with van der Waals surface area (Å²) in [6.45, 7) is 3.97. The van der Waals surface area contributed by atoms with Crippen molar-refractivity contribution in [2.45, 2.75) is 44.7 Å². The normalized spacial score (nSPS) is 17.3. The first-order valence-electron chi connectivity index (χ1n) is 7.76. The van der Waals surface area contributed by atoms with E-state index in [1.165, 1.54) is 31.7 Å². The Morgan fingerprint density at radius 2 is 2.14 bits per heavy atom. The standard InChI is InChI=1S/C16H25N3O2/c1-13(14-6-5-9-16(12-14)19(20)21)17-10-11-18(2)15-7-3-4-8-15/h5-6,9,12-13,15,17H,3-4,7-8,10-11H2,1-2H3. The Labute approximate surface area is 126 Å². The van der Waals surface area contributed by atoms with E-state index in [1.54, 1.807) is 12.1 Å². The maximum absolute atomic E-state index is 10.8. The maximum atomic E-state index is 10.8. The molecule has 0 aromatic heterocycles. The number of likely N-dealkylation sites (N-methyl/N-ethyl adjacent to an activating group) is 1. The van der Waals surface area contributed by atoms with Crippen molar-refractivity contribution in [3.05, 3.63) is 39.9 Å². The minimum Gasteiger partial charge on any atom is -0.309 e. The number of nitrogens with one attached hydrogen (secondary N) is 1. The molecule has 116 valence electrons. The zero-order valence-corrected chi connectivity index (χ0v) is 12.9. The van der Waals surface area contributed by atoms with E-state index in [0.717, 1.165) is 24.7 Å². The van der Waals surface area contributed by atoms with E-state index in [2.05, 4.69) is 24.2 Å². The minimum atomic E-state index is -0.343. The maximum Gasteiger partial charge on any atom is 0.269 e. The van der Waals surface area contributed by atoms with Crippen molar-refractivity contribution in [2.75, 3.05) is 20.1 Å². The molecule has 0 bridgehead atoms. The molecule has 1 aromatic rings. The molecule has 1 atom stereocenters. The van der Waals surface area contributed by atoms with Crippen LogP contribution in [0.4, 0.5) is 5.69 Å². The van der Waals surface area contributed by atoms with Gasteiger partial charge in [0.1, 0.15) is 0 Å². The molecule has 1 N–H and O–H groups in total. The Balaban J connectivity index is 1.79. The molecule has 0 radical (unpaired) electrons. The number of nitrogens with zero attached hydrogens (tertiary/aromatic N) is 2. The molecular formula is C16H25N3O2. The molecule has 1 saturated carbocycles. The third-order valence-electron chi connectivity index (χ3n) is 4.44. The highest BCUT2D eigenvalue weighted by atomic mass is 16.6. The van der Waals surface area contributed by atoms with Gasteiger partial charge in [0.25, 0.3) is 5.69 Å². The summed E-state index contributed by atoms with van der Waals surface area (Å²) in [5.74, 6) is 0. The van der Waals surface area contributed by atoms with Crippen LogP contribution in [0.5, 0.6) is 0 Å². The quantitative estimate of drug-likeness (QED) is 0.619. The van der Waals surface area contributed by atoms with Crippen molar-refractivity contribution in [3.8, 4) is 0 Å². The summed E-state index contributed by atoms with van der Waals surface area (Å²) in [5.41, 5.74) is 1.12. The summed E-state index contributed by atoms with van der Waals surface area (Å²) in [6, 6.07) is 7.73. The van der Waals surface area contributed by atoms with Gasteiger partial charge in [-0.1, -0.05) is 25.0 Å². The number of non-ortho nitro benzene ring substituents is 1. The molecule has 0 amide bonds. The highest BCUT2D eigenvalue weighted by Crippen LogP contribution is 2.22. The van der Waals surface area contributed by atoms with Crippen LogP contribution >= 0.6 is 0 Å². The highest BCUT2D eigenvalue weighted by molar-refractivity contribution is 5.35. The van der Waals surface area contributed by atoms with Crippen LogP contribution in [0, 0.1) is 10.1 Å². The lowest BCUT2D eigenvalue weighted by Crippen LogP contribution is -2.36. The van der Waals surface area contributed by atoms with Gasteiger partial charge in [-0.3, -0.25) is 10.1 Å². The third kappa shape index (κ3) is 4.51. The van der Waals surface area contributed by atoms with Crippen LogP contribution in [0.15, 0.2) is 24.3 Å². The first-order chi connectivity index (χ1) is 10.1. The SMILES string of the molecule is CC(NCCN(C)C1CCCC1)c1cccc([N+](=O)[O-])c1. The van der Waals surface area contributed by atoms with E-state index in [9.17, 15) is 10.1 Å². The van der Waals surface area contributed by atoms with Crippen LogP contribution in [-0.2, 0) is 0 Å². The van der Waals surface area contributed by atoms with Crippen molar-refractivity contribution >= 4 is 5.69 Å². The lowest BCUT2D eigenvalue weighted by atomic mass is 10.1. The molecule has 5 heteroatoms. The number of nitro benzene ring substituents is 1. The molecule has 5 nitrogen and oxygen atoms in total. The first-order valence-corrected chi connectivity index (χ1v) is 7.76. The molecule has 1 fully saturated rings. The minimum absolute atomic E-state index is 0.127. The average Bonchev–Trinajstić information content (AvgIpc) is 3.01. The Hall–Kier alpha value is -1.46. The van der Waals surface area contributed by atoms with E-state index in [0.29, 0.717) is 0 Å². The van der Waals surface area contributed by atoms with E-state index in [-0.39, 0.29) is 16.7 Å². The number of hydrogen-bond donors (Lipinski definition) is 1. The largest absolute Gasteiger partial charge is 0.309 e. The van der Waals surface area contributed by atoms with Gasteiger partial charge in [0.15, 0.2) is 0 Å². The van der Waals surface area contributed by atoms with Crippen molar-refractivity contribution in [1.29, 1.82) is 0 Å². The monoisotopic (exact) mass is 291 g/mol. The first kappa shape index (κ1) is 15.9. The molecule has 1 aromatic carbocycles. The Bertz CT molecular complexity index is 472. The molecule has 0 spiro atoms. The van der Waals surface area contributed by atoms with Crippen LogP contribution in [-0.4, -0.2) is 36.0 Å². The molecule has 0 heterocycles. The van der Waals surface area contributed by atoms with Gasteiger partial charge in [-0.05, 0) is 32.4 Å². The fraction of sp³-hybridized carbons (Fsp3) is 0.625. The fourth-order valence-electron chi connectivity index (χ4n) is 3.01. The summed E-state index contributed by atoms with van der Waals surface area (Å²) in [6.07, 6.45) is 5.34. The van der Waals surface area contributed by atoms with Gasteiger partial charge in [0.2, 0.25) is 0 Å². The Morgan fingerprint density at radius 3 is 2.81 bits per heavy atom. The topological polar surface area (TPSA) is 58.4 Å². The molecule has 1 aliphatic rings. The fourth-order valence-corrected chi connectivity index (χ4v) is 3.01. The molecule has 2 rings (SSSR count). The molecule has 1 aliphatic carbocycles. The number of benzene rings is 1. The molecule has 0 aliphatic heterocycles. The van der Waals surface area contributed by atoms with Gasteiger partial charge in [0.05, 0.1) is 4.92 Å². The summed E-state index contributed by atoms with van der Waals surface area (Å²) < 4.78 is 0. The van der Waals surface area contributed by atoms with Gasteiger partial charge in [-0.25, -0.2) is 0 Å². The van der Waals surface area contributed by atoms with Crippen LogP contribution in [0.1, 0.15) is 44.2 Å². The predicted octanol–water partition coefficient (Wildman–Crippen LogP) is 3.12. The van der Waals surface area contributed by atoms with Gasteiger partial charge in [0, 0.05) is 37.3 Å². The number of nitro groups is 1. The zero-order chi connectivity index (χ0) is 15.2. The lowest BCUT2D eigenvalue weighted by Gasteiger charge is -2.25. The second kappa shape index (κ2) is 7.52. The second-order valence-electron chi connectivity index (χ2n) is 5.95. The van der Waals surface area contributed by atoms with E-state index in [1.807, 2.05) is 6.07 Å². The van der Waals surface area contributed by atoms with Crippen LogP contribution in [0.25, 0.3) is 0 Å². The van der Waals surface area contributed by atoms with Crippen molar-refractivity contribution < 1.29 is 4.92 Å². The summed E-state index contributed by atoms with van der Waals surface area (Å²) >= 11 is 0. The van der Waals surface area contributed by atoms with E-state index < -0.39 is 0 Å². The smallest absolute Gasteiger partial charge is 0.269 e. The lowest BCUT2D eigenvalue weighted by molar-refractivity contribution is -0.384. The average molecular weight is 291 g/mol. The highest BCUT2D eigenvalue weighted by Gasteiger charge is 2.19. The van der Waals surface area contributed by atoms with Crippen molar-refractivity contribution in [3.63, 3.8) is 0 Å². The molecule has 21 heavy (non-hydrogen) atoms. The van der Waals surface area contributed by atoms with Gasteiger partial charge >= 0.3 is 0 Å². The van der Waals surface area contributed by atoms with Gasteiger partial charge in [-0.15, -0.1) is 0 Å². The van der Waals surface area contributed by atoms with Crippen molar-refractivity contribution in [1.82, 2.24) is 10.2 Å². The van der Waals surface area contributed by atoms with Crippen LogP contribution < -0.4 is 5.32 Å². The second-order valence-corrected chi connectivity index (χ2v) is 5.95. The van der Waals surface area contributed by atoms with Crippen molar-refractivity contribution in [2.24, 2.45) is 0 Å². The third-order valence-corrected chi connectivity index (χ3v) is 4.44. The summed E-state index contributed by atoms with van der Waals surface area (Å²) in [4.78, 5) is 12.9.